The minimum absolute atomic E-state index is 0.258. The Bertz CT molecular complexity index is 1150. The minimum Gasteiger partial charge on any atom is -0.422 e. The van der Waals surface area contributed by atoms with Gasteiger partial charge in [-0.05, 0) is 48.9 Å². The summed E-state index contributed by atoms with van der Waals surface area (Å²) < 4.78 is 5.41. The average Bonchev–Trinajstić information content (AvgIpc) is 2.78. The molecule has 3 aromatic carbocycles. The fourth-order valence-corrected chi connectivity index (χ4v) is 2.72. The van der Waals surface area contributed by atoms with E-state index in [-0.39, 0.29) is 5.75 Å². The molecule has 0 fully saturated rings. The zero-order chi connectivity index (χ0) is 22.2. The number of nitrogens with zero attached hydrogens (tertiary/aromatic N) is 1. The summed E-state index contributed by atoms with van der Waals surface area (Å²) >= 11 is 6.01. The number of ether oxygens (including phenoxy) is 1. The lowest BCUT2D eigenvalue weighted by Gasteiger charge is -2.08. The smallest absolute Gasteiger partial charge is 0.343 e. The maximum atomic E-state index is 12.3. The molecule has 0 saturated heterocycles. The number of halogens is 1. The number of esters is 1. The van der Waals surface area contributed by atoms with Gasteiger partial charge in [0, 0.05) is 16.3 Å². The van der Waals surface area contributed by atoms with Gasteiger partial charge in [-0.25, -0.2) is 10.2 Å². The van der Waals surface area contributed by atoms with Gasteiger partial charge in [0.1, 0.15) is 5.75 Å². The highest BCUT2D eigenvalue weighted by atomic mass is 35.5. The van der Waals surface area contributed by atoms with Crippen LogP contribution in [0.1, 0.15) is 21.5 Å². The lowest BCUT2D eigenvalue weighted by Crippen LogP contribution is -2.32. The van der Waals surface area contributed by atoms with E-state index in [1.54, 1.807) is 79.7 Å². The Morgan fingerprint density at radius 1 is 0.903 bits per heavy atom. The first-order valence-corrected chi connectivity index (χ1v) is 9.59. The third-order valence-corrected chi connectivity index (χ3v) is 4.63. The predicted molar refractivity (Wildman–Crippen MR) is 118 cm³/mol. The van der Waals surface area contributed by atoms with Crippen molar-refractivity contribution in [3.63, 3.8) is 0 Å². The van der Waals surface area contributed by atoms with Crippen LogP contribution in [-0.4, -0.2) is 24.0 Å². The van der Waals surface area contributed by atoms with Crippen LogP contribution in [0.25, 0.3) is 0 Å². The zero-order valence-electron chi connectivity index (χ0n) is 16.5. The van der Waals surface area contributed by atoms with Crippen molar-refractivity contribution in [2.75, 3.05) is 5.32 Å². The second-order valence-electron chi connectivity index (χ2n) is 6.36. The normalized spacial score (nSPS) is 10.5. The zero-order valence-corrected chi connectivity index (χ0v) is 17.2. The monoisotopic (exact) mass is 435 g/mol. The summed E-state index contributed by atoms with van der Waals surface area (Å²) in [4.78, 5) is 36.4. The maximum Gasteiger partial charge on any atom is 0.343 e. The fraction of sp³-hybridized carbons (Fsp3) is 0.0435. The first-order chi connectivity index (χ1) is 15.0. The van der Waals surface area contributed by atoms with E-state index in [1.807, 2.05) is 0 Å². The number of para-hydroxylation sites is 1. The molecule has 3 aromatic rings. The first kappa shape index (κ1) is 21.7. The molecule has 0 saturated carbocycles. The van der Waals surface area contributed by atoms with Crippen LogP contribution in [0.3, 0.4) is 0 Å². The largest absolute Gasteiger partial charge is 0.422 e. The van der Waals surface area contributed by atoms with Gasteiger partial charge in [-0.1, -0.05) is 48.0 Å². The van der Waals surface area contributed by atoms with E-state index >= 15 is 0 Å². The van der Waals surface area contributed by atoms with Gasteiger partial charge < -0.3 is 10.1 Å². The molecule has 0 aliphatic carbocycles. The van der Waals surface area contributed by atoms with Crippen molar-refractivity contribution in [3.05, 3.63) is 94.5 Å². The van der Waals surface area contributed by atoms with Gasteiger partial charge in [-0.3, -0.25) is 9.59 Å². The van der Waals surface area contributed by atoms with Gasteiger partial charge >= 0.3 is 17.8 Å². The van der Waals surface area contributed by atoms with Crippen molar-refractivity contribution >= 4 is 41.3 Å². The van der Waals surface area contributed by atoms with Gasteiger partial charge in [0.25, 0.3) is 0 Å². The molecule has 156 valence electrons. The van der Waals surface area contributed by atoms with Gasteiger partial charge in [0.2, 0.25) is 0 Å². The number of anilines is 1. The Morgan fingerprint density at radius 3 is 2.39 bits per heavy atom. The average molecular weight is 436 g/mol. The highest BCUT2D eigenvalue weighted by Crippen LogP contribution is 2.22. The lowest BCUT2D eigenvalue weighted by atomic mass is 10.2. The number of hydrogen-bond donors (Lipinski definition) is 2. The summed E-state index contributed by atoms with van der Waals surface area (Å²) in [7, 11) is 0. The van der Waals surface area contributed by atoms with Crippen molar-refractivity contribution in [1.29, 1.82) is 0 Å². The quantitative estimate of drug-likeness (QED) is 0.208. The molecule has 0 spiro atoms. The molecule has 0 aromatic heterocycles. The van der Waals surface area contributed by atoms with Crippen LogP contribution in [0.5, 0.6) is 5.75 Å². The molecular formula is C23H18ClN3O4. The van der Waals surface area contributed by atoms with Crippen LogP contribution in [0.2, 0.25) is 5.02 Å². The molecule has 0 aliphatic heterocycles. The third-order valence-electron chi connectivity index (χ3n) is 4.22. The van der Waals surface area contributed by atoms with E-state index in [2.05, 4.69) is 15.8 Å². The highest BCUT2D eigenvalue weighted by molar-refractivity contribution is 6.40. The molecule has 2 N–H and O–H groups in total. The fourth-order valence-electron chi connectivity index (χ4n) is 2.55. The Labute approximate surface area is 183 Å². The minimum atomic E-state index is -0.964. The van der Waals surface area contributed by atoms with Crippen LogP contribution >= 0.6 is 11.6 Å². The number of amides is 2. The Kier molecular flexibility index (Phi) is 7.13. The predicted octanol–water partition coefficient (Wildman–Crippen LogP) is 3.96. The van der Waals surface area contributed by atoms with E-state index in [1.165, 1.54) is 6.21 Å². The van der Waals surface area contributed by atoms with Crippen molar-refractivity contribution in [1.82, 2.24) is 5.43 Å². The summed E-state index contributed by atoms with van der Waals surface area (Å²) in [6, 6.07) is 20.2. The maximum absolute atomic E-state index is 12.3. The Morgan fingerprint density at radius 2 is 1.61 bits per heavy atom. The third kappa shape index (κ3) is 5.77. The Hall–Kier alpha value is -3.97. The van der Waals surface area contributed by atoms with E-state index in [0.717, 1.165) is 0 Å². The van der Waals surface area contributed by atoms with E-state index < -0.39 is 17.8 Å². The molecule has 3 rings (SSSR count). The van der Waals surface area contributed by atoms with Crippen LogP contribution in [0.4, 0.5) is 5.69 Å². The van der Waals surface area contributed by atoms with Crippen LogP contribution in [-0.2, 0) is 9.59 Å². The first-order valence-electron chi connectivity index (χ1n) is 9.21. The summed E-state index contributed by atoms with van der Waals surface area (Å²) in [5.74, 6) is -2.13. The molecule has 0 aliphatic rings. The van der Waals surface area contributed by atoms with Gasteiger partial charge in [0.05, 0.1) is 11.8 Å². The number of hydrazone groups is 1. The molecule has 31 heavy (non-hydrogen) atoms. The molecule has 0 unspecified atom stereocenters. The van der Waals surface area contributed by atoms with Gasteiger partial charge in [-0.15, -0.1) is 0 Å². The van der Waals surface area contributed by atoms with E-state index in [9.17, 15) is 14.4 Å². The standard InChI is InChI=1S/C23H18ClN3O4/c1-15-18(24)11-7-12-19(15)26-21(28)22(29)27-25-14-17-10-5-6-13-20(17)31-23(30)16-8-3-2-4-9-16/h2-14H,1H3,(H,26,28)(H,27,29). The topological polar surface area (TPSA) is 96.9 Å². The van der Waals surface area contributed by atoms with Gasteiger partial charge in [0.15, 0.2) is 0 Å². The van der Waals surface area contributed by atoms with Crippen LogP contribution in [0, 0.1) is 6.92 Å². The summed E-state index contributed by atoms with van der Waals surface area (Å²) in [6.07, 6.45) is 1.28. The second kappa shape index (κ2) is 10.2. The Balaban J connectivity index is 1.63. The molecular weight excluding hydrogens is 418 g/mol. The molecule has 0 atom stereocenters. The number of carbonyl (C=O) groups is 3. The summed E-state index contributed by atoms with van der Waals surface area (Å²) in [5.41, 5.74) is 4.05. The molecule has 2 amide bonds. The number of rotatable bonds is 5. The van der Waals surface area contributed by atoms with E-state index in [4.69, 9.17) is 16.3 Å². The molecule has 8 heteroatoms. The highest BCUT2D eigenvalue weighted by Gasteiger charge is 2.15. The lowest BCUT2D eigenvalue weighted by molar-refractivity contribution is -0.136. The number of nitrogens with one attached hydrogen (secondary N) is 2. The van der Waals surface area contributed by atoms with Gasteiger partial charge in [-0.2, -0.15) is 5.10 Å². The molecule has 0 bridgehead atoms. The summed E-state index contributed by atoms with van der Waals surface area (Å²) in [5, 5.41) is 6.73. The number of hydrogen-bond acceptors (Lipinski definition) is 5. The van der Waals surface area contributed by atoms with Crippen LogP contribution in [0.15, 0.2) is 77.9 Å². The van der Waals surface area contributed by atoms with Crippen LogP contribution < -0.4 is 15.5 Å². The SMILES string of the molecule is Cc1c(Cl)cccc1NC(=O)C(=O)NN=Cc1ccccc1OC(=O)c1ccccc1. The second-order valence-corrected chi connectivity index (χ2v) is 6.77. The van der Waals surface area contributed by atoms with Crippen molar-refractivity contribution in [2.24, 2.45) is 5.10 Å². The molecule has 0 heterocycles. The van der Waals surface area contributed by atoms with Crippen molar-refractivity contribution in [3.8, 4) is 5.75 Å². The number of benzene rings is 3. The molecule has 7 nitrogen and oxygen atoms in total. The molecule has 0 radical (unpaired) electrons. The van der Waals surface area contributed by atoms with Crippen molar-refractivity contribution < 1.29 is 19.1 Å². The number of carbonyl (C=O) groups excluding carboxylic acids is 3. The summed E-state index contributed by atoms with van der Waals surface area (Å²) in [6.45, 7) is 1.72. The van der Waals surface area contributed by atoms with E-state index in [0.29, 0.717) is 27.4 Å². The van der Waals surface area contributed by atoms with Crippen molar-refractivity contribution in [2.45, 2.75) is 6.92 Å².